The number of morpholine rings is 1. The van der Waals surface area contributed by atoms with Crippen LogP contribution in [0.1, 0.15) is 11.1 Å². The van der Waals surface area contributed by atoms with Gasteiger partial charge in [-0.15, -0.1) is 0 Å². The lowest BCUT2D eigenvalue weighted by Crippen LogP contribution is -2.80. The maximum Gasteiger partial charge on any atom is 0.231 e. The molecule has 0 aliphatic carbocycles. The van der Waals surface area contributed by atoms with Crippen LogP contribution in [-0.4, -0.2) is 38.1 Å². The molecule has 24 heavy (non-hydrogen) atoms. The predicted octanol–water partition coefficient (Wildman–Crippen LogP) is 0.910. The Bertz CT molecular complexity index is 702. The van der Waals surface area contributed by atoms with Gasteiger partial charge in [0.05, 0.1) is 18.8 Å². The molecule has 0 unspecified atom stereocenters. The summed E-state index contributed by atoms with van der Waals surface area (Å²) in [6, 6.07) is 10.3. The predicted molar refractivity (Wildman–Crippen MR) is 89.2 cm³/mol. The summed E-state index contributed by atoms with van der Waals surface area (Å²) in [5.41, 5.74) is 2.45. The highest BCUT2D eigenvalue weighted by Crippen LogP contribution is 2.34. The van der Waals surface area contributed by atoms with Crippen LogP contribution in [0.3, 0.4) is 0 Å². The average molecular weight is 328 g/mol. The minimum Gasteiger partial charge on any atom is -0.454 e. The number of pyridine rings is 1. The van der Waals surface area contributed by atoms with E-state index in [0.29, 0.717) is 6.79 Å². The van der Waals surface area contributed by atoms with Gasteiger partial charge in [-0.2, -0.15) is 0 Å². The summed E-state index contributed by atoms with van der Waals surface area (Å²) < 4.78 is 16.4. The van der Waals surface area contributed by atoms with Crippen molar-refractivity contribution in [2.75, 3.05) is 38.0 Å². The summed E-state index contributed by atoms with van der Waals surface area (Å²) in [6.07, 6.45) is 1.89. The molecule has 2 N–H and O–H groups in total. The second-order valence-electron chi connectivity index (χ2n) is 5.97. The van der Waals surface area contributed by atoms with E-state index < -0.39 is 0 Å². The fraction of sp³-hybridized carbons (Fsp3) is 0.389. The van der Waals surface area contributed by atoms with Crippen molar-refractivity contribution in [1.82, 2.24) is 4.98 Å². The topological polar surface area (TPSA) is 60.4 Å². The highest BCUT2D eigenvalue weighted by atomic mass is 16.7. The third kappa shape index (κ3) is 3.29. The van der Waals surface area contributed by atoms with Crippen molar-refractivity contribution in [1.29, 1.82) is 0 Å². The molecule has 1 saturated heterocycles. The van der Waals surface area contributed by atoms with Gasteiger partial charge in [0.25, 0.3) is 0 Å². The number of para-hydroxylation sites is 1. The number of fused-ring (bicyclic) bond motifs is 1. The summed E-state index contributed by atoms with van der Waals surface area (Å²) in [5, 5.41) is 2.27. The van der Waals surface area contributed by atoms with E-state index in [9.17, 15) is 0 Å². The standard InChI is InChI=1S/C18H21N3O3/c1-2-15(18-16(3-1)23-13-24-18)12-19-11-14-4-5-20-17(10-14)21-6-8-22-9-7-21/h1-5,10,19H,6-9,11-13H2/p+1. The third-order valence-corrected chi connectivity index (χ3v) is 4.37. The second-order valence-corrected chi connectivity index (χ2v) is 5.97. The van der Waals surface area contributed by atoms with Gasteiger partial charge in [-0.3, -0.25) is 0 Å². The summed E-state index contributed by atoms with van der Waals surface area (Å²) >= 11 is 0. The average Bonchev–Trinajstić information content (AvgIpc) is 3.12. The smallest absolute Gasteiger partial charge is 0.231 e. The lowest BCUT2D eigenvalue weighted by molar-refractivity contribution is -0.686. The van der Waals surface area contributed by atoms with Gasteiger partial charge in [0.15, 0.2) is 11.5 Å². The van der Waals surface area contributed by atoms with Crippen LogP contribution >= 0.6 is 0 Å². The van der Waals surface area contributed by atoms with Gasteiger partial charge in [0, 0.05) is 24.8 Å². The number of benzene rings is 1. The molecule has 2 aromatic rings. The van der Waals surface area contributed by atoms with Crippen molar-refractivity contribution in [2.45, 2.75) is 13.1 Å². The molecule has 0 amide bonds. The first-order valence-corrected chi connectivity index (χ1v) is 8.37. The minimum absolute atomic E-state index is 0.319. The van der Waals surface area contributed by atoms with Gasteiger partial charge in [-0.25, -0.2) is 4.98 Å². The highest BCUT2D eigenvalue weighted by molar-refractivity contribution is 5.47. The fourth-order valence-corrected chi connectivity index (χ4v) is 3.10. The number of hydrogen-bond acceptors (Lipinski definition) is 5. The van der Waals surface area contributed by atoms with Crippen LogP contribution < -0.4 is 19.7 Å². The summed E-state index contributed by atoms with van der Waals surface area (Å²) in [5.74, 6) is 2.78. The molecule has 1 fully saturated rings. The number of hydrogen-bond donors (Lipinski definition) is 1. The van der Waals surface area contributed by atoms with Crippen LogP contribution in [0.5, 0.6) is 11.5 Å². The van der Waals surface area contributed by atoms with Crippen molar-refractivity contribution >= 4 is 5.82 Å². The van der Waals surface area contributed by atoms with Gasteiger partial charge in [-0.05, 0) is 24.3 Å². The normalized spacial score (nSPS) is 16.4. The lowest BCUT2D eigenvalue weighted by Gasteiger charge is -2.27. The van der Waals surface area contributed by atoms with Crippen molar-refractivity contribution in [3.8, 4) is 11.5 Å². The zero-order valence-electron chi connectivity index (χ0n) is 13.6. The number of ether oxygens (including phenoxy) is 3. The Balaban J connectivity index is 1.37. The number of rotatable bonds is 5. The molecule has 0 saturated carbocycles. The highest BCUT2D eigenvalue weighted by Gasteiger charge is 2.18. The molecule has 1 aromatic heterocycles. The quantitative estimate of drug-likeness (QED) is 0.884. The van der Waals surface area contributed by atoms with Crippen LogP contribution in [0.4, 0.5) is 5.82 Å². The van der Waals surface area contributed by atoms with Gasteiger partial charge < -0.3 is 24.4 Å². The molecule has 0 atom stereocenters. The van der Waals surface area contributed by atoms with Crippen molar-refractivity contribution in [2.24, 2.45) is 0 Å². The minimum atomic E-state index is 0.319. The maximum absolute atomic E-state index is 5.56. The van der Waals surface area contributed by atoms with E-state index in [1.165, 1.54) is 11.1 Å². The van der Waals surface area contributed by atoms with Crippen LogP contribution in [-0.2, 0) is 17.8 Å². The fourth-order valence-electron chi connectivity index (χ4n) is 3.10. The monoisotopic (exact) mass is 328 g/mol. The van der Waals surface area contributed by atoms with Gasteiger partial charge in [0.1, 0.15) is 18.9 Å². The largest absolute Gasteiger partial charge is 0.454 e. The van der Waals surface area contributed by atoms with Crippen LogP contribution in [0, 0.1) is 0 Å². The molecule has 0 radical (unpaired) electrons. The van der Waals surface area contributed by atoms with E-state index in [1.54, 1.807) is 0 Å². The van der Waals surface area contributed by atoms with Crippen LogP contribution in [0.25, 0.3) is 0 Å². The first-order chi connectivity index (χ1) is 11.9. The van der Waals surface area contributed by atoms with Crippen molar-refractivity contribution in [3.05, 3.63) is 47.7 Å². The van der Waals surface area contributed by atoms with Crippen LogP contribution in [0.15, 0.2) is 36.5 Å². The Kier molecular flexibility index (Phi) is 4.49. The van der Waals surface area contributed by atoms with E-state index >= 15 is 0 Å². The number of nitrogens with zero attached hydrogens (tertiary/aromatic N) is 2. The van der Waals surface area contributed by atoms with E-state index in [2.05, 4.69) is 33.4 Å². The molecule has 0 spiro atoms. The molecule has 126 valence electrons. The lowest BCUT2D eigenvalue weighted by atomic mass is 10.1. The molecule has 2 aliphatic heterocycles. The number of aromatic nitrogens is 1. The second kappa shape index (κ2) is 7.07. The molecule has 6 heteroatoms. The number of nitrogens with two attached hydrogens (primary N) is 1. The molecule has 1 aromatic carbocycles. The molecule has 4 rings (SSSR count). The Labute approximate surface area is 141 Å². The van der Waals surface area contributed by atoms with Crippen molar-refractivity contribution in [3.63, 3.8) is 0 Å². The summed E-state index contributed by atoms with van der Waals surface area (Å²) in [7, 11) is 0. The first kappa shape index (κ1) is 15.2. The Morgan fingerprint density at radius 3 is 2.92 bits per heavy atom. The summed E-state index contributed by atoms with van der Waals surface area (Å²) in [4.78, 5) is 6.78. The molecule has 2 aliphatic rings. The summed E-state index contributed by atoms with van der Waals surface area (Å²) in [6.45, 7) is 5.46. The number of quaternary nitrogens is 1. The van der Waals surface area contributed by atoms with Crippen molar-refractivity contribution < 1.29 is 19.5 Å². The van der Waals surface area contributed by atoms with E-state index in [4.69, 9.17) is 14.2 Å². The van der Waals surface area contributed by atoms with Gasteiger partial charge in [-0.1, -0.05) is 6.07 Å². The van der Waals surface area contributed by atoms with E-state index in [0.717, 1.165) is 56.7 Å². The van der Waals surface area contributed by atoms with Gasteiger partial charge >= 0.3 is 0 Å². The zero-order chi connectivity index (χ0) is 16.2. The molecule has 6 nitrogen and oxygen atoms in total. The Hall–Kier alpha value is -2.31. The molecule has 0 bridgehead atoms. The Morgan fingerprint density at radius 1 is 1.08 bits per heavy atom. The first-order valence-electron chi connectivity index (χ1n) is 8.37. The number of anilines is 1. The third-order valence-electron chi connectivity index (χ3n) is 4.37. The van der Waals surface area contributed by atoms with Crippen LogP contribution in [0.2, 0.25) is 0 Å². The van der Waals surface area contributed by atoms with Gasteiger partial charge in [0.2, 0.25) is 6.79 Å². The Morgan fingerprint density at radius 2 is 2.00 bits per heavy atom. The molecule has 3 heterocycles. The molecular weight excluding hydrogens is 306 g/mol. The maximum atomic E-state index is 5.56. The zero-order valence-corrected chi connectivity index (χ0v) is 13.6. The molecular formula is C18H22N3O3+. The van der Waals surface area contributed by atoms with E-state index in [1.807, 2.05) is 18.3 Å². The van der Waals surface area contributed by atoms with E-state index in [-0.39, 0.29) is 0 Å². The SMILES string of the molecule is c1cc(C[NH2+]Cc2ccnc(N3CCOCC3)c2)c2c(c1)OCO2.